The van der Waals surface area contributed by atoms with Crippen LogP contribution in [0.1, 0.15) is 0 Å². The van der Waals surface area contributed by atoms with E-state index in [-0.39, 0.29) is 0 Å². The Kier molecular flexibility index (Phi) is 2.91. The number of imidazole rings is 1. The van der Waals surface area contributed by atoms with Gasteiger partial charge >= 0.3 is 0 Å². The molecular formula is C19H16N5. The largest absolute Gasteiger partial charge is 0.371 e. The zero-order chi connectivity index (χ0) is 15.9. The summed E-state index contributed by atoms with van der Waals surface area (Å²) < 4.78 is 2.14. The molecule has 1 N–H and O–H groups in total. The molecule has 1 saturated heterocycles. The Hall–Kier alpha value is -3.08. The molecule has 5 nitrogen and oxygen atoms in total. The van der Waals surface area contributed by atoms with E-state index in [1.165, 1.54) is 5.69 Å². The number of nitrogens with zero attached hydrogens (tertiary/aromatic N) is 4. The summed E-state index contributed by atoms with van der Waals surface area (Å²) in [6.07, 6.45) is 7.90. The number of nitrogens with one attached hydrogen (secondary N) is 1. The molecule has 1 aliphatic heterocycles. The minimum atomic E-state index is 1.02. The molecule has 2 aromatic carbocycles. The lowest BCUT2D eigenvalue weighted by Crippen LogP contribution is -2.37. The summed E-state index contributed by atoms with van der Waals surface area (Å²) in [6.45, 7) is 2.05. The van der Waals surface area contributed by atoms with Gasteiger partial charge in [0.15, 0.2) is 0 Å². The van der Waals surface area contributed by atoms with Gasteiger partial charge in [-0.25, -0.2) is 4.98 Å². The molecule has 0 saturated carbocycles. The third-order valence-electron chi connectivity index (χ3n) is 4.57. The topological polar surface area (TPSA) is 49.7 Å². The molecule has 1 aliphatic rings. The molecule has 24 heavy (non-hydrogen) atoms. The number of benzene rings is 2. The van der Waals surface area contributed by atoms with Crippen molar-refractivity contribution in [3.63, 3.8) is 0 Å². The lowest BCUT2D eigenvalue weighted by molar-refractivity contribution is 0.764. The molecule has 1 fully saturated rings. The van der Waals surface area contributed by atoms with E-state index in [2.05, 4.69) is 73.5 Å². The Labute approximate surface area is 139 Å². The number of anilines is 1. The van der Waals surface area contributed by atoms with Crippen LogP contribution in [0.2, 0.25) is 0 Å². The number of hydrogen-bond acceptors (Lipinski definition) is 3. The van der Waals surface area contributed by atoms with E-state index in [1.807, 2.05) is 18.7 Å². The van der Waals surface area contributed by atoms with E-state index in [1.54, 1.807) is 0 Å². The lowest BCUT2D eigenvalue weighted by atomic mass is 10.1. The molecule has 117 valence electrons. The van der Waals surface area contributed by atoms with Gasteiger partial charge in [-0.1, -0.05) is 12.1 Å². The van der Waals surface area contributed by atoms with Crippen LogP contribution in [-0.2, 0) is 0 Å². The SMILES string of the molecule is [CH]1CN(c2ccc3ncn(-c4ccc(-c5cn[nH]c5)cc4)c3c2)C1. The third kappa shape index (κ3) is 2.09. The van der Waals surface area contributed by atoms with Gasteiger partial charge in [0.05, 0.1) is 17.2 Å². The van der Waals surface area contributed by atoms with Gasteiger partial charge in [-0.2, -0.15) is 5.10 Å². The van der Waals surface area contributed by atoms with Crippen molar-refractivity contribution in [2.45, 2.75) is 0 Å². The quantitative estimate of drug-likeness (QED) is 0.630. The zero-order valence-corrected chi connectivity index (χ0v) is 13.1. The van der Waals surface area contributed by atoms with Gasteiger partial charge in [0.25, 0.3) is 0 Å². The molecule has 4 aromatic rings. The van der Waals surface area contributed by atoms with Crippen LogP contribution < -0.4 is 4.90 Å². The maximum atomic E-state index is 4.53. The van der Waals surface area contributed by atoms with E-state index >= 15 is 0 Å². The average molecular weight is 314 g/mol. The Balaban J connectivity index is 1.55. The van der Waals surface area contributed by atoms with Crippen LogP contribution in [0, 0.1) is 6.42 Å². The zero-order valence-electron chi connectivity index (χ0n) is 13.1. The van der Waals surface area contributed by atoms with Crippen LogP contribution in [0.5, 0.6) is 0 Å². The highest BCUT2D eigenvalue weighted by Gasteiger charge is 2.16. The van der Waals surface area contributed by atoms with Gasteiger partial charge in [0.2, 0.25) is 0 Å². The molecule has 3 heterocycles. The van der Waals surface area contributed by atoms with E-state index in [0.717, 1.165) is 40.9 Å². The van der Waals surface area contributed by atoms with E-state index in [4.69, 9.17) is 0 Å². The van der Waals surface area contributed by atoms with Crippen LogP contribution in [0.4, 0.5) is 5.69 Å². The maximum absolute atomic E-state index is 4.53. The van der Waals surface area contributed by atoms with Crippen molar-refractivity contribution in [1.82, 2.24) is 19.7 Å². The summed E-state index contributed by atoms with van der Waals surface area (Å²) in [5.74, 6) is 0. The smallest absolute Gasteiger partial charge is 0.100 e. The molecule has 0 unspecified atom stereocenters. The summed E-state index contributed by atoms with van der Waals surface area (Å²) in [7, 11) is 0. The van der Waals surface area contributed by atoms with Crippen molar-refractivity contribution in [1.29, 1.82) is 0 Å². The third-order valence-corrected chi connectivity index (χ3v) is 4.57. The van der Waals surface area contributed by atoms with Gasteiger partial charge in [0.1, 0.15) is 6.33 Å². The number of H-pyrrole nitrogens is 1. The molecule has 2 aromatic heterocycles. The van der Waals surface area contributed by atoms with Crippen LogP contribution in [0.3, 0.4) is 0 Å². The summed E-state index contributed by atoms with van der Waals surface area (Å²) in [5.41, 5.74) is 6.75. The number of rotatable bonds is 3. The molecule has 5 rings (SSSR count). The van der Waals surface area contributed by atoms with Crippen LogP contribution >= 0.6 is 0 Å². The van der Waals surface area contributed by atoms with Gasteiger partial charge in [-0.15, -0.1) is 0 Å². The Bertz CT molecular complexity index is 978. The highest BCUT2D eigenvalue weighted by atomic mass is 15.2. The molecular weight excluding hydrogens is 298 g/mol. The summed E-state index contributed by atoms with van der Waals surface area (Å²) in [5, 5.41) is 6.85. The standard InChI is InChI=1S/C19H16N5/c1-8-23(9-1)17-6-7-18-19(10-17)24(13-20-18)16-4-2-14(3-5-16)15-11-21-22-12-15/h1-7,10-13H,8-9H2,(H,21,22). The molecule has 0 amide bonds. The minimum Gasteiger partial charge on any atom is -0.371 e. The second-order valence-corrected chi connectivity index (χ2v) is 6.02. The van der Waals surface area contributed by atoms with Crippen molar-refractivity contribution >= 4 is 16.7 Å². The predicted octanol–water partition coefficient (Wildman–Crippen LogP) is 3.44. The molecule has 0 spiro atoms. The Morgan fingerprint density at radius 3 is 2.46 bits per heavy atom. The number of fused-ring (bicyclic) bond motifs is 1. The van der Waals surface area contributed by atoms with E-state index in [0.29, 0.717) is 0 Å². The van der Waals surface area contributed by atoms with Crippen LogP contribution in [0.25, 0.3) is 27.8 Å². The molecule has 5 heteroatoms. The fourth-order valence-electron chi connectivity index (χ4n) is 3.09. The molecule has 0 atom stereocenters. The van der Waals surface area contributed by atoms with E-state index in [9.17, 15) is 0 Å². The van der Waals surface area contributed by atoms with Crippen molar-refractivity contribution in [2.24, 2.45) is 0 Å². The first-order chi connectivity index (χ1) is 11.9. The fraction of sp³-hybridized carbons (Fsp3) is 0.105. The number of hydrogen-bond donors (Lipinski definition) is 1. The average Bonchev–Trinajstić information content (AvgIpc) is 3.23. The second-order valence-electron chi connectivity index (χ2n) is 6.02. The van der Waals surface area contributed by atoms with Gasteiger partial charge < -0.3 is 4.90 Å². The Morgan fingerprint density at radius 2 is 1.75 bits per heavy atom. The lowest BCUT2D eigenvalue weighted by Gasteiger charge is -2.32. The van der Waals surface area contributed by atoms with Gasteiger partial charge in [0, 0.05) is 42.6 Å². The number of aromatic amines is 1. The first-order valence-corrected chi connectivity index (χ1v) is 8.02. The van der Waals surface area contributed by atoms with Crippen molar-refractivity contribution in [3.05, 3.63) is 67.6 Å². The van der Waals surface area contributed by atoms with Crippen molar-refractivity contribution < 1.29 is 0 Å². The van der Waals surface area contributed by atoms with Gasteiger partial charge in [-0.3, -0.25) is 9.67 Å². The first-order valence-electron chi connectivity index (χ1n) is 8.02. The monoisotopic (exact) mass is 314 g/mol. The van der Waals surface area contributed by atoms with Gasteiger partial charge in [-0.05, 0) is 35.9 Å². The number of aromatic nitrogens is 4. The molecule has 0 bridgehead atoms. The minimum absolute atomic E-state index is 1.02. The highest BCUT2D eigenvalue weighted by Crippen LogP contribution is 2.27. The Morgan fingerprint density at radius 1 is 0.917 bits per heavy atom. The second kappa shape index (κ2) is 5.23. The predicted molar refractivity (Wildman–Crippen MR) is 95.2 cm³/mol. The molecule has 1 radical (unpaired) electrons. The van der Waals surface area contributed by atoms with Crippen molar-refractivity contribution in [3.8, 4) is 16.8 Å². The normalized spacial score (nSPS) is 14.1. The highest BCUT2D eigenvalue weighted by molar-refractivity contribution is 5.82. The van der Waals surface area contributed by atoms with Crippen molar-refractivity contribution in [2.75, 3.05) is 18.0 Å². The maximum Gasteiger partial charge on any atom is 0.100 e. The summed E-state index contributed by atoms with van der Waals surface area (Å²) >= 11 is 0. The van der Waals surface area contributed by atoms with Crippen LogP contribution in [0.15, 0.2) is 61.2 Å². The summed E-state index contributed by atoms with van der Waals surface area (Å²) in [6, 6.07) is 14.9. The molecule has 0 aliphatic carbocycles. The first kappa shape index (κ1) is 13.4. The fourth-order valence-corrected chi connectivity index (χ4v) is 3.09. The van der Waals surface area contributed by atoms with Crippen LogP contribution in [-0.4, -0.2) is 32.8 Å². The van der Waals surface area contributed by atoms with E-state index < -0.39 is 0 Å². The summed E-state index contributed by atoms with van der Waals surface area (Å²) in [4.78, 5) is 6.88.